The topological polar surface area (TPSA) is 17.1 Å². The van der Waals surface area contributed by atoms with Crippen molar-refractivity contribution in [2.24, 2.45) is 0 Å². The van der Waals surface area contributed by atoms with Crippen LogP contribution in [0, 0.1) is 12.7 Å². The first-order valence-electron chi connectivity index (χ1n) is 5.25. The first kappa shape index (κ1) is 13.4. The molecular formula is C14H9Br2FO. The molecule has 0 aliphatic carbocycles. The van der Waals surface area contributed by atoms with Gasteiger partial charge < -0.3 is 0 Å². The predicted molar refractivity (Wildman–Crippen MR) is 76.4 cm³/mol. The van der Waals surface area contributed by atoms with Crippen molar-refractivity contribution in [3.05, 3.63) is 67.9 Å². The van der Waals surface area contributed by atoms with Gasteiger partial charge in [-0.1, -0.05) is 22.0 Å². The minimum atomic E-state index is -0.405. The lowest BCUT2D eigenvalue weighted by molar-refractivity contribution is 0.103. The second-order valence-electron chi connectivity index (χ2n) is 3.91. The molecule has 0 saturated carbocycles. The number of hydrogen-bond donors (Lipinski definition) is 0. The van der Waals surface area contributed by atoms with Crippen LogP contribution in [0.3, 0.4) is 0 Å². The number of carbonyl (C=O) groups is 1. The molecule has 0 aromatic heterocycles. The van der Waals surface area contributed by atoms with E-state index in [2.05, 4.69) is 31.9 Å². The fourth-order valence-corrected chi connectivity index (χ4v) is 2.88. The van der Waals surface area contributed by atoms with Crippen LogP contribution in [-0.2, 0) is 0 Å². The Labute approximate surface area is 121 Å². The van der Waals surface area contributed by atoms with Crippen LogP contribution in [0.4, 0.5) is 4.39 Å². The Morgan fingerprint density at radius 1 is 1.06 bits per heavy atom. The summed E-state index contributed by atoms with van der Waals surface area (Å²) in [6.45, 7) is 1.79. The molecule has 1 nitrogen and oxygen atoms in total. The van der Waals surface area contributed by atoms with Crippen LogP contribution in [0.1, 0.15) is 21.5 Å². The number of aryl methyl sites for hydroxylation is 1. The lowest BCUT2D eigenvalue weighted by Gasteiger charge is -2.07. The first-order chi connectivity index (χ1) is 8.49. The largest absolute Gasteiger partial charge is 0.289 e. The van der Waals surface area contributed by atoms with Gasteiger partial charge in [0.1, 0.15) is 5.82 Å². The first-order valence-corrected chi connectivity index (χ1v) is 6.83. The van der Waals surface area contributed by atoms with Crippen LogP contribution < -0.4 is 0 Å². The molecule has 0 heterocycles. The van der Waals surface area contributed by atoms with Gasteiger partial charge in [-0.25, -0.2) is 4.39 Å². The van der Waals surface area contributed by atoms with Gasteiger partial charge in [0.05, 0.1) is 0 Å². The van der Waals surface area contributed by atoms with Crippen LogP contribution in [0.2, 0.25) is 0 Å². The molecule has 0 bridgehead atoms. The number of benzene rings is 2. The highest BCUT2D eigenvalue weighted by Crippen LogP contribution is 2.25. The van der Waals surface area contributed by atoms with Crippen molar-refractivity contribution in [3.63, 3.8) is 0 Å². The Morgan fingerprint density at radius 2 is 1.78 bits per heavy atom. The maximum atomic E-state index is 13.2. The minimum absolute atomic E-state index is 0.189. The van der Waals surface area contributed by atoms with Crippen molar-refractivity contribution < 1.29 is 9.18 Å². The summed E-state index contributed by atoms with van der Waals surface area (Å²) in [7, 11) is 0. The highest BCUT2D eigenvalue weighted by atomic mass is 79.9. The summed E-state index contributed by atoms with van der Waals surface area (Å²) in [6, 6.07) is 9.51. The van der Waals surface area contributed by atoms with Crippen molar-refractivity contribution in [1.29, 1.82) is 0 Å². The molecule has 2 aromatic carbocycles. The van der Waals surface area contributed by atoms with Crippen molar-refractivity contribution in [2.75, 3.05) is 0 Å². The van der Waals surface area contributed by atoms with Crippen LogP contribution in [-0.4, -0.2) is 5.78 Å². The molecule has 0 spiro atoms. The molecule has 0 amide bonds. The second kappa shape index (κ2) is 5.33. The van der Waals surface area contributed by atoms with Gasteiger partial charge in [0.2, 0.25) is 0 Å². The van der Waals surface area contributed by atoms with E-state index in [0.717, 1.165) is 10.0 Å². The smallest absolute Gasteiger partial charge is 0.194 e. The summed E-state index contributed by atoms with van der Waals surface area (Å²) >= 11 is 6.67. The molecule has 2 rings (SSSR count). The van der Waals surface area contributed by atoms with Crippen LogP contribution in [0.15, 0.2) is 45.3 Å². The molecule has 0 fully saturated rings. The zero-order valence-electron chi connectivity index (χ0n) is 9.51. The van der Waals surface area contributed by atoms with Gasteiger partial charge in [-0.15, -0.1) is 0 Å². The monoisotopic (exact) mass is 370 g/mol. The predicted octanol–water partition coefficient (Wildman–Crippen LogP) is 4.89. The fraction of sp³-hybridized carbons (Fsp3) is 0.0714. The van der Waals surface area contributed by atoms with E-state index < -0.39 is 5.82 Å². The van der Waals surface area contributed by atoms with E-state index in [1.807, 2.05) is 0 Å². The van der Waals surface area contributed by atoms with Crippen molar-refractivity contribution in [1.82, 2.24) is 0 Å². The van der Waals surface area contributed by atoms with Gasteiger partial charge in [0.25, 0.3) is 0 Å². The van der Waals surface area contributed by atoms with Gasteiger partial charge in [-0.05, 0) is 58.7 Å². The standard InChI is InChI=1S/C14H9Br2FO/c1-8-2-4-10(17)7-12(8)14(18)11-5-3-9(15)6-13(11)16/h2-7H,1H3. The number of ketones is 1. The van der Waals surface area contributed by atoms with E-state index in [-0.39, 0.29) is 5.78 Å². The molecule has 0 atom stereocenters. The Kier molecular flexibility index (Phi) is 3.97. The third-order valence-corrected chi connectivity index (χ3v) is 3.77. The summed E-state index contributed by atoms with van der Waals surface area (Å²) in [5, 5.41) is 0. The van der Waals surface area contributed by atoms with Gasteiger partial charge in [0, 0.05) is 20.1 Å². The average molecular weight is 372 g/mol. The van der Waals surface area contributed by atoms with E-state index >= 15 is 0 Å². The van der Waals surface area contributed by atoms with E-state index in [1.165, 1.54) is 12.1 Å². The highest BCUT2D eigenvalue weighted by molar-refractivity contribution is 9.11. The average Bonchev–Trinajstić information content (AvgIpc) is 2.31. The number of hydrogen-bond acceptors (Lipinski definition) is 1. The van der Waals surface area contributed by atoms with Crippen molar-refractivity contribution >= 4 is 37.6 Å². The molecule has 0 N–H and O–H groups in total. The normalized spacial score (nSPS) is 10.4. The van der Waals surface area contributed by atoms with Crippen LogP contribution >= 0.6 is 31.9 Å². The Balaban J connectivity index is 2.51. The molecule has 0 saturated heterocycles. The van der Waals surface area contributed by atoms with Gasteiger partial charge in [-0.3, -0.25) is 4.79 Å². The number of rotatable bonds is 2. The van der Waals surface area contributed by atoms with E-state index in [4.69, 9.17) is 0 Å². The van der Waals surface area contributed by atoms with Gasteiger partial charge >= 0.3 is 0 Å². The molecule has 0 aliphatic heterocycles. The lowest BCUT2D eigenvalue weighted by atomic mass is 9.99. The summed E-state index contributed by atoms with van der Waals surface area (Å²) < 4.78 is 14.8. The number of carbonyl (C=O) groups excluding carboxylic acids is 1. The number of halogens is 3. The SMILES string of the molecule is Cc1ccc(F)cc1C(=O)c1ccc(Br)cc1Br. The van der Waals surface area contributed by atoms with E-state index in [9.17, 15) is 9.18 Å². The Hall–Kier alpha value is -1.000. The van der Waals surface area contributed by atoms with Crippen LogP contribution in [0.25, 0.3) is 0 Å². The molecular weight excluding hydrogens is 363 g/mol. The van der Waals surface area contributed by atoms with Crippen molar-refractivity contribution in [2.45, 2.75) is 6.92 Å². The summed E-state index contributed by atoms with van der Waals surface area (Å²) in [6.07, 6.45) is 0. The van der Waals surface area contributed by atoms with E-state index in [1.54, 1.807) is 31.2 Å². The zero-order chi connectivity index (χ0) is 13.3. The van der Waals surface area contributed by atoms with Gasteiger partial charge in [0.15, 0.2) is 5.78 Å². The Morgan fingerprint density at radius 3 is 2.44 bits per heavy atom. The summed E-state index contributed by atoms with van der Waals surface area (Å²) in [4.78, 5) is 12.3. The maximum absolute atomic E-state index is 13.2. The molecule has 0 aliphatic rings. The molecule has 0 unspecified atom stereocenters. The highest BCUT2D eigenvalue weighted by Gasteiger charge is 2.15. The van der Waals surface area contributed by atoms with E-state index in [0.29, 0.717) is 15.6 Å². The third kappa shape index (κ3) is 2.70. The maximum Gasteiger partial charge on any atom is 0.194 e. The second-order valence-corrected chi connectivity index (χ2v) is 5.68. The minimum Gasteiger partial charge on any atom is -0.289 e. The molecule has 4 heteroatoms. The Bertz CT molecular complexity index is 623. The molecule has 0 radical (unpaired) electrons. The fourth-order valence-electron chi connectivity index (χ4n) is 1.66. The van der Waals surface area contributed by atoms with Crippen molar-refractivity contribution in [3.8, 4) is 0 Å². The molecule has 2 aromatic rings. The lowest BCUT2D eigenvalue weighted by Crippen LogP contribution is -2.05. The quantitative estimate of drug-likeness (QED) is 0.687. The zero-order valence-corrected chi connectivity index (χ0v) is 12.7. The van der Waals surface area contributed by atoms with Gasteiger partial charge in [-0.2, -0.15) is 0 Å². The van der Waals surface area contributed by atoms with Crippen LogP contribution in [0.5, 0.6) is 0 Å². The molecule has 92 valence electrons. The summed E-state index contributed by atoms with van der Waals surface area (Å²) in [5.41, 5.74) is 1.67. The third-order valence-electron chi connectivity index (χ3n) is 2.62. The molecule has 18 heavy (non-hydrogen) atoms. The summed E-state index contributed by atoms with van der Waals surface area (Å²) in [5.74, 6) is -0.594.